The maximum absolute atomic E-state index is 13.0. The average molecular weight is 379 g/mol. The summed E-state index contributed by atoms with van der Waals surface area (Å²) in [7, 11) is 0. The predicted octanol–water partition coefficient (Wildman–Crippen LogP) is 3.86. The summed E-state index contributed by atoms with van der Waals surface area (Å²) in [4.78, 5) is 23.6. The molecule has 1 amide bonds. The summed E-state index contributed by atoms with van der Waals surface area (Å²) in [5, 5.41) is 4.22. The van der Waals surface area contributed by atoms with Gasteiger partial charge in [0, 0.05) is 37.5 Å². The van der Waals surface area contributed by atoms with Gasteiger partial charge in [0.2, 0.25) is 5.91 Å². The van der Waals surface area contributed by atoms with Crippen molar-refractivity contribution in [3.8, 4) is 11.5 Å². The Morgan fingerprint density at radius 1 is 1.18 bits per heavy atom. The molecule has 1 aliphatic heterocycles. The molecule has 2 aromatic heterocycles. The Kier molecular flexibility index (Phi) is 5.80. The number of carbonyl (C=O) groups excluding carboxylic acids is 1. The third kappa shape index (κ3) is 4.30. The number of likely N-dealkylation sites (tertiary alicyclic amines) is 1. The van der Waals surface area contributed by atoms with Gasteiger partial charge in [0.25, 0.3) is 5.89 Å². The molecule has 1 aliphatic rings. The zero-order valence-corrected chi connectivity index (χ0v) is 15.9. The molecule has 0 aliphatic carbocycles. The number of rotatable bonds is 6. The van der Waals surface area contributed by atoms with Crippen molar-refractivity contribution >= 4 is 5.91 Å². The molecule has 146 valence electrons. The Morgan fingerprint density at radius 3 is 2.89 bits per heavy atom. The zero-order valence-electron chi connectivity index (χ0n) is 15.9. The number of aryl methyl sites for hydroxylation is 1. The van der Waals surface area contributed by atoms with Crippen molar-refractivity contribution in [1.82, 2.24) is 24.6 Å². The Labute approximate surface area is 164 Å². The lowest BCUT2D eigenvalue weighted by Gasteiger charge is -2.28. The van der Waals surface area contributed by atoms with Crippen LogP contribution in [0.5, 0.6) is 0 Å². The second-order valence-corrected chi connectivity index (χ2v) is 7.18. The largest absolute Gasteiger partial charge is 0.337 e. The number of nitrogens with zero attached hydrogens (tertiary/aromatic N) is 5. The number of imidazole rings is 1. The second-order valence-electron chi connectivity index (χ2n) is 7.18. The van der Waals surface area contributed by atoms with E-state index >= 15 is 0 Å². The van der Waals surface area contributed by atoms with Crippen molar-refractivity contribution in [2.75, 3.05) is 6.54 Å². The highest BCUT2D eigenvalue weighted by molar-refractivity contribution is 5.76. The summed E-state index contributed by atoms with van der Waals surface area (Å²) in [5.74, 6) is 1.29. The quantitative estimate of drug-likeness (QED) is 0.650. The van der Waals surface area contributed by atoms with Crippen molar-refractivity contribution < 1.29 is 9.32 Å². The molecule has 1 fully saturated rings. The van der Waals surface area contributed by atoms with Gasteiger partial charge in [0.15, 0.2) is 5.82 Å². The first-order valence-corrected chi connectivity index (χ1v) is 9.95. The van der Waals surface area contributed by atoms with Gasteiger partial charge in [-0.3, -0.25) is 4.79 Å². The fourth-order valence-electron chi connectivity index (χ4n) is 3.72. The summed E-state index contributed by atoms with van der Waals surface area (Å²) in [6.07, 6.45) is 10.9. The van der Waals surface area contributed by atoms with Crippen LogP contribution < -0.4 is 0 Å². The molecule has 1 aromatic carbocycles. The minimum absolute atomic E-state index is 0.107. The van der Waals surface area contributed by atoms with Crippen molar-refractivity contribution in [1.29, 1.82) is 0 Å². The number of amides is 1. The average Bonchev–Trinajstić information content (AvgIpc) is 3.36. The van der Waals surface area contributed by atoms with Crippen molar-refractivity contribution in [2.24, 2.45) is 0 Å². The van der Waals surface area contributed by atoms with Gasteiger partial charge in [0.05, 0.1) is 12.4 Å². The first-order valence-electron chi connectivity index (χ1n) is 9.95. The van der Waals surface area contributed by atoms with Gasteiger partial charge >= 0.3 is 0 Å². The molecule has 1 saturated heterocycles. The van der Waals surface area contributed by atoms with Gasteiger partial charge in [0.1, 0.15) is 0 Å². The van der Waals surface area contributed by atoms with E-state index in [1.54, 1.807) is 12.5 Å². The molecule has 3 heterocycles. The Bertz CT molecular complexity index is 875. The number of benzene rings is 1. The van der Waals surface area contributed by atoms with Crippen LogP contribution >= 0.6 is 0 Å². The predicted molar refractivity (Wildman–Crippen MR) is 104 cm³/mol. The second kappa shape index (κ2) is 8.82. The van der Waals surface area contributed by atoms with Crippen LogP contribution in [0.4, 0.5) is 0 Å². The summed E-state index contributed by atoms with van der Waals surface area (Å²) in [6, 6.07) is 9.63. The van der Waals surface area contributed by atoms with Crippen LogP contribution in [0.25, 0.3) is 11.5 Å². The van der Waals surface area contributed by atoms with Crippen LogP contribution in [0.15, 0.2) is 53.6 Å². The summed E-state index contributed by atoms with van der Waals surface area (Å²) in [6.45, 7) is 1.55. The monoisotopic (exact) mass is 379 g/mol. The topological polar surface area (TPSA) is 77.0 Å². The van der Waals surface area contributed by atoms with Gasteiger partial charge in [-0.15, -0.1) is 0 Å². The first-order chi connectivity index (χ1) is 13.8. The van der Waals surface area contributed by atoms with Gasteiger partial charge < -0.3 is 14.0 Å². The Balaban J connectivity index is 1.46. The molecule has 4 rings (SSSR count). The molecular weight excluding hydrogens is 354 g/mol. The van der Waals surface area contributed by atoms with Crippen LogP contribution in [0, 0.1) is 0 Å². The molecular formula is C21H25N5O2. The maximum Gasteiger partial charge on any atom is 0.257 e. The first kappa shape index (κ1) is 18.4. The van der Waals surface area contributed by atoms with Crippen LogP contribution in [0.2, 0.25) is 0 Å². The maximum atomic E-state index is 13.0. The van der Waals surface area contributed by atoms with Crippen LogP contribution in [0.3, 0.4) is 0 Å². The minimum atomic E-state index is -0.107. The molecule has 0 N–H and O–H groups in total. The van der Waals surface area contributed by atoms with Gasteiger partial charge in [-0.25, -0.2) is 4.98 Å². The molecule has 3 aromatic rings. The molecule has 1 atom stereocenters. The molecule has 0 unspecified atom stereocenters. The van der Waals surface area contributed by atoms with Crippen LogP contribution in [-0.2, 0) is 11.3 Å². The third-order valence-corrected chi connectivity index (χ3v) is 5.20. The van der Waals surface area contributed by atoms with E-state index in [0.717, 1.165) is 50.8 Å². The molecule has 28 heavy (non-hydrogen) atoms. The standard InChI is InChI=1S/C21H25N5O2/c27-19(11-7-13-25-15-12-22-16-25)26-14-6-2-5-10-18(26)20-23-21(28-24-20)17-8-3-1-4-9-17/h1,3-4,8-9,12,15-16,18H,2,5-7,10-11,13-14H2/t18-/m1/s1. The number of hydrogen-bond acceptors (Lipinski definition) is 5. The Morgan fingerprint density at radius 2 is 2.07 bits per heavy atom. The fraction of sp³-hybridized carbons (Fsp3) is 0.429. The lowest BCUT2D eigenvalue weighted by atomic mass is 10.1. The SMILES string of the molecule is O=C(CCCn1ccnc1)N1CCCCC[C@@H]1c1noc(-c2ccccc2)n1. The highest BCUT2D eigenvalue weighted by atomic mass is 16.5. The van der Waals surface area contributed by atoms with E-state index in [1.807, 2.05) is 46.0 Å². The van der Waals surface area contributed by atoms with Crippen molar-refractivity contribution in [3.05, 3.63) is 54.9 Å². The van der Waals surface area contributed by atoms with Crippen molar-refractivity contribution in [2.45, 2.75) is 51.1 Å². The molecule has 0 spiro atoms. The molecule has 0 saturated carbocycles. The van der Waals surface area contributed by atoms with E-state index in [0.29, 0.717) is 18.1 Å². The molecule has 0 radical (unpaired) electrons. The lowest BCUT2D eigenvalue weighted by molar-refractivity contribution is -0.134. The molecule has 0 bridgehead atoms. The van der Waals surface area contributed by atoms with Crippen LogP contribution in [0.1, 0.15) is 50.4 Å². The third-order valence-electron chi connectivity index (χ3n) is 5.20. The zero-order chi connectivity index (χ0) is 19.2. The fourth-order valence-corrected chi connectivity index (χ4v) is 3.72. The van der Waals surface area contributed by atoms with Gasteiger partial charge in [-0.1, -0.05) is 36.2 Å². The normalized spacial score (nSPS) is 17.4. The van der Waals surface area contributed by atoms with E-state index in [1.165, 1.54) is 0 Å². The van der Waals surface area contributed by atoms with E-state index < -0.39 is 0 Å². The summed E-state index contributed by atoms with van der Waals surface area (Å²) in [5.41, 5.74) is 0.896. The van der Waals surface area contributed by atoms with E-state index in [4.69, 9.17) is 4.52 Å². The number of carbonyl (C=O) groups is 1. The van der Waals surface area contributed by atoms with Crippen molar-refractivity contribution in [3.63, 3.8) is 0 Å². The summed E-state index contributed by atoms with van der Waals surface area (Å²) < 4.78 is 7.49. The molecule has 7 heteroatoms. The van der Waals surface area contributed by atoms with E-state index in [9.17, 15) is 4.79 Å². The number of hydrogen-bond donors (Lipinski definition) is 0. The lowest BCUT2D eigenvalue weighted by Crippen LogP contribution is -2.35. The van der Waals surface area contributed by atoms with E-state index in [-0.39, 0.29) is 11.9 Å². The van der Waals surface area contributed by atoms with Gasteiger partial charge in [-0.05, 0) is 31.4 Å². The van der Waals surface area contributed by atoms with E-state index in [2.05, 4.69) is 15.1 Å². The number of aromatic nitrogens is 4. The highest BCUT2D eigenvalue weighted by Gasteiger charge is 2.30. The Hall–Kier alpha value is -2.96. The minimum Gasteiger partial charge on any atom is -0.337 e. The highest BCUT2D eigenvalue weighted by Crippen LogP contribution is 2.30. The smallest absolute Gasteiger partial charge is 0.257 e. The molecule has 7 nitrogen and oxygen atoms in total. The van der Waals surface area contributed by atoms with Crippen LogP contribution in [-0.4, -0.2) is 37.0 Å². The summed E-state index contributed by atoms with van der Waals surface area (Å²) >= 11 is 0. The van der Waals surface area contributed by atoms with Gasteiger partial charge in [-0.2, -0.15) is 4.98 Å².